The standard InChI is InChI=1S/C12H13N/c13-9-3-5-11-8-7-10-4-1-2-6-12(10)11/h1-2,4,6,11H,7-9,13H2. The fourth-order valence-corrected chi connectivity index (χ4v) is 1.89. The third-order valence-electron chi connectivity index (χ3n) is 2.51. The molecule has 0 amide bonds. The fraction of sp³-hybridized carbons (Fsp3) is 0.333. The molecule has 0 spiro atoms. The summed E-state index contributed by atoms with van der Waals surface area (Å²) < 4.78 is 0. The van der Waals surface area contributed by atoms with E-state index in [-0.39, 0.29) is 0 Å². The molecular weight excluding hydrogens is 158 g/mol. The molecule has 1 aliphatic rings. The zero-order chi connectivity index (χ0) is 9.10. The molecule has 1 aliphatic carbocycles. The topological polar surface area (TPSA) is 26.0 Å². The first-order valence-electron chi connectivity index (χ1n) is 4.68. The van der Waals surface area contributed by atoms with Gasteiger partial charge in [0.1, 0.15) is 0 Å². The van der Waals surface area contributed by atoms with Crippen molar-refractivity contribution in [3.63, 3.8) is 0 Å². The van der Waals surface area contributed by atoms with Crippen LogP contribution in [0.1, 0.15) is 23.5 Å². The molecule has 1 atom stereocenters. The second kappa shape index (κ2) is 3.64. The van der Waals surface area contributed by atoms with Gasteiger partial charge < -0.3 is 5.73 Å². The predicted molar refractivity (Wildman–Crippen MR) is 54.3 cm³/mol. The minimum absolute atomic E-state index is 0.430. The molecule has 1 heteroatoms. The predicted octanol–water partition coefficient (Wildman–Crippen LogP) is 1.68. The summed E-state index contributed by atoms with van der Waals surface area (Å²) in [6, 6.07) is 8.55. The van der Waals surface area contributed by atoms with Gasteiger partial charge in [0.15, 0.2) is 0 Å². The van der Waals surface area contributed by atoms with Gasteiger partial charge >= 0.3 is 0 Å². The summed E-state index contributed by atoms with van der Waals surface area (Å²) in [6.45, 7) is 0.471. The van der Waals surface area contributed by atoms with Gasteiger partial charge in [-0.25, -0.2) is 0 Å². The molecule has 1 nitrogen and oxygen atoms in total. The molecule has 2 N–H and O–H groups in total. The van der Waals surface area contributed by atoms with Gasteiger partial charge in [0.2, 0.25) is 0 Å². The summed E-state index contributed by atoms with van der Waals surface area (Å²) in [5.41, 5.74) is 8.22. The van der Waals surface area contributed by atoms with Gasteiger partial charge in [-0.2, -0.15) is 0 Å². The van der Waals surface area contributed by atoms with E-state index >= 15 is 0 Å². The van der Waals surface area contributed by atoms with Crippen molar-refractivity contribution in [2.75, 3.05) is 6.54 Å². The minimum Gasteiger partial charge on any atom is -0.320 e. The lowest BCUT2D eigenvalue weighted by molar-refractivity contribution is 0.835. The van der Waals surface area contributed by atoms with E-state index in [9.17, 15) is 0 Å². The van der Waals surface area contributed by atoms with E-state index in [0.717, 1.165) is 6.42 Å². The van der Waals surface area contributed by atoms with Gasteiger partial charge in [0.25, 0.3) is 0 Å². The Morgan fingerprint density at radius 2 is 2.23 bits per heavy atom. The van der Waals surface area contributed by atoms with Crippen LogP contribution in [0.5, 0.6) is 0 Å². The monoisotopic (exact) mass is 171 g/mol. The first-order valence-corrected chi connectivity index (χ1v) is 4.68. The fourth-order valence-electron chi connectivity index (χ4n) is 1.89. The van der Waals surface area contributed by atoms with Crippen molar-refractivity contribution in [3.8, 4) is 11.8 Å². The van der Waals surface area contributed by atoms with Crippen molar-refractivity contribution >= 4 is 0 Å². The number of aryl methyl sites for hydroxylation is 1. The lowest BCUT2D eigenvalue weighted by atomic mass is 10.0. The average molecular weight is 171 g/mol. The van der Waals surface area contributed by atoms with Gasteiger partial charge in [0.05, 0.1) is 6.54 Å². The highest BCUT2D eigenvalue weighted by Gasteiger charge is 2.19. The molecule has 1 aromatic carbocycles. The molecule has 2 rings (SSSR count). The van der Waals surface area contributed by atoms with E-state index in [2.05, 4.69) is 36.1 Å². The Kier molecular flexibility index (Phi) is 2.33. The molecule has 1 unspecified atom stereocenters. The van der Waals surface area contributed by atoms with Crippen molar-refractivity contribution < 1.29 is 0 Å². The van der Waals surface area contributed by atoms with Crippen LogP contribution in [-0.4, -0.2) is 6.54 Å². The average Bonchev–Trinajstić information content (AvgIpc) is 2.58. The number of hydrogen-bond acceptors (Lipinski definition) is 1. The Morgan fingerprint density at radius 1 is 1.38 bits per heavy atom. The van der Waals surface area contributed by atoms with Gasteiger partial charge in [-0.05, 0) is 24.0 Å². The van der Waals surface area contributed by atoms with E-state index in [1.807, 2.05) is 0 Å². The lowest BCUT2D eigenvalue weighted by Gasteiger charge is -2.01. The van der Waals surface area contributed by atoms with Crippen molar-refractivity contribution in [2.24, 2.45) is 5.73 Å². The van der Waals surface area contributed by atoms with Gasteiger partial charge in [-0.1, -0.05) is 36.1 Å². The Morgan fingerprint density at radius 3 is 3.08 bits per heavy atom. The van der Waals surface area contributed by atoms with Crippen molar-refractivity contribution in [1.82, 2.24) is 0 Å². The molecule has 0 saturated heterocycles. The van der Waals surface area contributed by atoms with E-state index in [1.165, 1.54) is 17.5 Å². The number of hydrogen-bond donors (Lipinski definition) is 1. The molecule has 0 saturated carbocycles. The lowest BCUT2D eigenvalue weighted by Crippen LogP contribution is -1.95. The third-order valence-corrected chi connectivity index (χ3v) is 2.51. The molecule has 13 heavy (non-hydrogen) atoms. The largest absolute Gasteiger partial charge is 0.320 e. The van der Waals surface area contributed by atoms with Crippen molar-refractivity contribution in [1.29, 1.82) is 0 Å². The Bertz CT molecular complexity index is 357. The SMILES string of the molecule is NCC#CC1CCc2ccccc21. The van der Waals surface area contributed by atoms with Crippen LogP contribution in [0, 0.1) is 11.8 Å². The molecule has 0 fully saturated rings. The van der Waals surface area contributed by atoms with Crippen molar-refractivity contribution in [3.05, 3.63) is 35.4 Å². The number of rotatable bonds is 0. The number of benzene rings is 1. The first-order chi connectivity index (χ1) is 6.42. The maximum atomic E-state index is 5.35. The quantitative estimate of drug-likeness (QED) is 0.590. The van der Waals surface area contributed by atoms with E-state index in [4.69, 9.17) is 5.73 Å². The smallest absolute Gasteiger partial charge is 0.0551 e. The third kappa shape index (κ3) is 1.59. The van der Waals surface area contributed by atoms with Crippen LogP contribution in [0.25, 0.3) is 0 Å². The maximum absolute atomic E-state index is 5.35. The van der Waals surface area contributed by atoms with Gasteiger partial charge in [-0.15, -0.1) is 0 Å². The van der Waals surface area contributed by atoms with Gasteiger partial charge in [0, 0.05) is 5.92 Å². The second-order valence-corrected chi connectivity index (χ2v) is 3.32. The molecule has 0 aliphatic heterocycles. The molecule has 0 aromatic heterocycles. The second-order valence-electron chi connectivity index (χ2n) is 3.32. The Balaban J connectivity index is 2.28. The zero-order valence-electron chi connectivity index (χ0n) is 7.59. The highest BCUT2D eigenvalue weighted by atomic mass is 14.5. The molecule has 0 bridgehead atoms. The summed E-state index contributed by atoms with van der Waals surface area (Å²) in [5.74, 6) is 6.60. The Labute approximate surface area is 79.0 Å². The summed E-state index contributed by atoms with van der Waals surface area (Å²) in [4.78, 5) is 0. The summed E-state index contributed by atoms with van der Waals surface area (Å²) in [5, 5.41) is 0. The van der Waals surface area contributed by atoms with Crippen LogP contribution in [0.2, 0.25) is 0 Å². The minimum atomic E-state index is 0.430. The molecule has 66 valence electrons. The van der Waals surface area contributed by atoms with Crippen LogP contribution in [-0.2, 0) is 6.42 Å². The maximum Gasteiger partial charge on any atom is 0.0551 e. The van der Waals surface area contributed by atoms with E-state index < -0.39 is 0 Å². The highest BCUT2D eigenvalue weighted by Crippen LogP contribution is 2.31. The summed E-state index contributed by atoms with van der Waals surface area (Å²) in [6.07, 6.45) is 2.33. The van der Waals surface area contributed by atoms with Crippen LogP contribution >= 0.6 is 0 Å². The normalized spacial score (nSPS) is 19.0. The first kappa shape index (κ1) is 8.34. The molecule has 0 heterocycles. The van der Waals surface area contributed by atoms with Crippen molar-refractivity contribution in [2.45, 2.75) is 18.8 Å². The summed E-state index contributed by atoms with van der Waals surface area (Å²) >= 11 is 0. The van der Waals surface area contributed by atoms with Crippen LogP contribution < -0.4 is 5.73 Å². The summed E-state index contributed by atoms with van der Waals surface area (Å²) in [7, 11) is 0. The van der Waals surface area contributed by atoms with Gasteiger partial charge in [-0.3, -0.25) is 0 Å². The van der Waals surface area contributed by atoms with E-state index in [0.29, 0.717) is 12.5 Å². The van der Waals surface area contributed by atoms with E-state index in [1.54, 1.807) is 0 Å². The molecule has 0 radical (unpaired) electrons. The molecular formula is C12H13N. The number of nitrogens with two attached hydrogens (primary N) is 1. The van der Waals surface area contributed by atoms with Crippen LogP contribution in [0.4, 0.5) is 0 Å². The zero-order valence-corrected chi connectivity index (χ0v) is 7.59. The highest BCUT2D eigenvalue weighted by molar-refractivity contribution is 5.39. The number of fused-ring (bicyclic) bond motifs is 1. The van der Waals surface area contributed by atoms with Crippen LogP contribution in [0.15, 0.2) is 24.3 Å². The van der Waals surface area contributed by atoms with Crippen LogP contribution in [0.3, 0.4) is 0 Å². The Hall–Kier alpha value is -1.26. The molecule has 1 aromatic rings.